The van der Waals surface area contributed by atoms with E-state index in [9.17, 15) is 14.4 Å². The van der Waals surface area contributed by atoms with E-state index in [1.165, 1.54) is 22.8 Å². The third-order valence-electron chi connectivity index (χ3n) is 4.68. The number of rotatable bonds is 8. The molecule has 0 saturated heterocycles. The molecule has 1 amide bonds. The van der Waals surface area contributed by atoms with E-state index in [0.29, 0.717) is 30.0 Å². The molecule has 0 bridgehead atoms. The quantitative estimate of drug-likeness (QED) is 0.585. The smallest absolute Gasteiger partial charge is 0.330 e. The molecule has 1 aromatic carbocycles. The maximum Gasteiger partial charge on any atom is 0.330 e. The first kappa shape index (κ1) is 21.0. The van der Waals surface area contributed by atoms with Crippen molar-refractivity contribution in [3.8, 4) is 5.75 Å². The lowest BCUT2D eigenvalue weighted by Crippen LogP contribution is -2.41. The Morgan fingerprint density at radius 3 is 2.73 bits per heavy atom. The number of methoxy groups -OCH3 is 1. The summed E-state index contributed by atoms with van der Waals surface area (Å²) in [6.07, 6.45) is 3.00. The van der Waals surface area contributed by atoms with Gasteiger partial charge in [0, 0.05) is 12.1 Å². The minimum atomic E-state index is -0.743. The van der Waals surface area contributed by atoms with Crippen molar-refractivity contribution < 1.29 is 13.9 Å². The molecule has 0 spiro atoms. The second-order valence-corrected chi connectivity index (χ2v) is 6.70. The topological polar surface area (TPSA) is 124 Å². The Hall–Kier alpha value is -3.75. The number of anilines is 2. The van der Waals surface area contributed by atoms with Gasteiger partial charge in [-0.05, 0) is 36.8 Å². The first-order valence-corrected chi connectivity index (χ1v) is 9.57. The van der Waals surface area contributed by atoms with Gasteiger partial charge in [-0.2, -0.15) is 0 Å². The molecule has 0 atom stereocenters. The fourth-order valence-corrected chi connectivity index (χ4v) is 3.10. The van der Waals surface area contributed by atoms with Gasteiger partial charge in [-0.15, -0.1) is 0 Å². The fraction of sp³-hybridized carbons (Fsp3) is 0.286. The number of aromatic nitrogens is 2. The van der Waals surface area contributed by atoms with Gasteiger partial charge in [-0.3, -0.25) is 24.0 Å². The third kappa shape index (κ3) is 4.29. The summed E-state index contributed by atoms with van der Waals surface area (Å²) < 4.78 is 11.8. The van der Waals surface area contributed by atoms with E-state index in [2.05, 4.69) is 4.98 Å². The van der Waals surface area contributed by atoms with Crippen molar-refractivity contribution in [3.05, 3.63) is 74.8 Å². The van der Waals surface area contributed by atoms with Crippen LogP contribution in [0.15, 0.2) is 56.7 Å². The number of H-pyrrole nitrogens is 1. The summed E-state index contributed by atoms with van der Waals surface area (Å²) in [6, 6.07) is 9.92. The number of unbranched alkanes of at least 4 members (excludes halogenated alkanes) is 1. The average Bonchev–Trinajstić information content (AvgIpc) is 3.25. The van der Waals surface area contributed by atoms with Crippen LogP contribution in [-0.4, -0.2) is 22.6 Å². The average molecular weight is 412 g/mol. The monoisotopic (exact) mass is 412 g/mol. The highest BCUT2D eigenvalue weighted by Crippen LogP contribution is 2.24. The zero-order valence-electron chi connectivity index (χ0n) is 16.9. The number of hydrogen-bond acceptors (Lipinski definition) is 6. The van der Waals surface area contributed by atoms with Crippen LogP contribution < -0.4 is 26.6 Å². The second-order valence-electron chi connectivity index (χ2n) is 6.70. The van der Waals surface area contributed by atoms with Crippen LogP contribution >= 0.6 is 0 Å². The van der Waals surface area contributed by atoms with E-state index < -0.39 is 17.2 Å². The van der Waals surface area contributed by atoms with E-state index in [4.69, 9.17) is 14.9 Å². The third-order valence-corrected chi connectivity index (χ3v) is 4.68. The molecule has 0 aliphatic heterocycles. The van der Waals surface area contributed by atoms with Gasteiger partial charge in [0.25, 0.3) is 11.5 Å². The largest absolute Gasteiger partial charge is 0.497 e. The van der Waals surface area contributed by atoms with E-state index >= 15 is 0 Å². The maximum absolute atomic E-state index is 13.4. The highest BCUT2D eigenvalue weighted by Gasteiger charge is 2.26. The van der Waals surface area contributed by atoms with Gasteiger partial charge in [0.15, 0.2) is 5.69 Å². The van der Waals surface area contributed by atoms with E-state index in [1.54, 1.807) is 36.4 Å². The van der Waals surface area contributed by atoms with Crippen LogP contribution in [0.1, 0.15) is 35.9 Å². The molecule has 9 heteroatoms. The number of nitrogen functional groups attached to an aromatic ring is 1. The first-order chi connectivity index (χ1) is 14.5. The molecule has 30 heavy (non-hydrogen) atoms. The van der Waals surface area contributed by atoms with Gasteiger partial charge >= 0.3 is 5.69 Å². The van der Waals surface area contributed by atoms with E-state index in [1.807, 2.05) is 6.92 Å². The molecule has 3 aromatic rings. The summed E-state index contributed by atoms with van der Waals surface area (Å²) in [6.45, 7) is 2.26. The Kier molecular flexibility index (Phi) is 6.41. The zero-order valence-corrected chi connectivity index (χ0v) is 16.9. The van der Waals surface area contributed by atoms with Crippen molar-refractivity contribution in [2.75, 3.05) is 17.7 Å². The van der Waals surface area contributed by atoms with Gasteiger partial charge in [0.1, 0.15) is 17.3 Å². The van der Waals surface area contributed by atoms with Crippen LogP contribution in [0.2, 0.25) is 0 Å². The molecule has 0 aliphatic carbocycles. The van der Waals surface area contributed by atoms with Gasteiger partial charge in [0.05, 0.1) is 19.9 Å². The van der Waals surface area contributed by atoms with E-state index in [0.717, 1.165) is 6.42 Å². The minimum absolute atomic E-state index is 0.0394. The van der Waals surface area contributed by atoms with Crippen LogP contribution in [0.25, 0.3) is 0 Å². The number of nitrogens with one attached hydrogen (secondary N) is 1. The first-order valence-electron chi connectivity index (χ1n) is 9.57. The second kappa shape index (κ2) is 9.17. The highest BCUT2D eigenvalue weighted by atomic mass is 16.5. The lowest BCUT2D eigenvalue weighted by atomic mass is 10.1. The number of hydrogen-bond donors (Lipinski definition) is 2. The standard InChI is InChI=1S/C21H24N4O5/c1-3-4-10-24-18(22)17(19(26)23-21(24)28)25(13-16-9-6-11-30-16)20(27)14-7-5-8-15(12-14)29-2/h5-9,11-12H,3-4,10,13,22H2,1-2H3,(H,23,26,28). The Morgan fingerprint density at radius 1 is 1.27 bits per heavy atom. The summed E-state index contributed by atoms with van der Waals surface area (Å²) >= 11 is 0. The lowest BCUT2D eigenvalue weighted by molar-refractivity contribution is 0.0982. The predicted octanol–water partition coefficient (Wildman–Crippen LogP) is 2.37. The molecule has 0 unspecified atom stereocenters. The maximum atomic E-state index is 13.4. The number of carbonyl (C=O) groups excluding carboxylic acids is 1. The van der Waals surface area contributed by atoms with Crippen molar-refractivity contribution in [1.82, 2.24) is 9.55 Å². The Labute approximate surface area is 172 Å². The number of benzene rings is 1. The van der Waals surface area contributed by atoms with E-state index in [-0.39, 0.29) is 18.1 Å². The van der Waals surface area contributed by atoms with Crippen LogP contribution in [0.5, 0.6) is 5.75 Å². The normalized spacial score (nSPS) is 10.7. The van der Waals surface area contributed by atoms with Crippen molar-refractivity contribution in [2.24, 2.45) is 0 Å². The molecule has 2 aromatic heterocycles. The van der Waals surface area contributed by atoms with Crippen LogP contribution in [0.4, 0.5) is 11.5 Å². The molecule has 158 valence electrons. The molecular weight excluding hydrogens is 388 g/mol. The molecule has 0 fully saturated rings. The van der Waals surface area contributed by atoms with Crippen molar-refractivity contribution >= 4 is 17.4 Å². The summed E-state index contributed by atoms with van der Waals surface area (Å²) in [4.78, 5) is 41.9. The predicted molar refractivity (Wildman–Crippen MR) is 113 cm³/mol. The number of carbonyl (C=O) groups is 1. The van der Waals surface area contributed by atoms with Crippen molar-refractivity contribution in [3.63, 3.8) is 0 Å². The van der Waals surface area contributed by atoms with Crippen molar-refractivity contribution in [2.45, 2.75) is 32.9 Å². The Balaban J connectivity index is 2.14. The number of amides is 1. The number of nitrogens with two attached hydrogens (primary N) is 1. The molecule has 0 radical (unpaired) electrons. The molecule has 0 aliphatic rings. The van der Waals surface area contributed by atoms with Crippen molar-refractivity contribution in [1.29, 1.82) is 0 Å². The fourth-order valence-electron chi connectivity index (χ4n) is 3.10. The summed E-state index contributed by atoms with van der Waals surface area (Å²) in [5.41, 5.74) is 5.06. The number of furan rings is 1. The Morgan fingerprint density at radius 2 is 2.07 bits per heavy atom. The molecule has 3 N–H and O–H groups in total. The van der Waals surface area contributed by atoms with Crippen LogP contribution in [0.3, 0.4) is 0 Å². The zero-order chi connectivity index (χ0) is 21.7. The molecule has 0 saturated carbocycles. The van der Waals surface area contributed by atoms with Gasteiger partial charge in [0.2, 0.25) is 0 Å². The van der Waals surface area contributed by atoms with Crippen LogP contribution in [-0.2, 0) is 13.1 Å². The highest BCUT2D eigenvalue weighted by molar-refractivity contribution is 6.07. The molecule has 9 nitrogen and oxygen atoms in total. The summed E-state index contributed by atoms with van der Waals surface area (Å²) in [5.74, 6) is 0.396. The number of ether oxygens (including phenoxy) is 1. The minimum Gasteiger partial charge on any atom is -0.497 e. The number of aromatic amines is 1. The summed E-state index contributed by atoms with van der Waals surface area (Å²) in [7, 11) is 1.50. The van der Waals surface area contributed by atoms with Gasteiger partial charge < -0.3 is 14.9 Å². The van der Waals surface area contributed by atoms with Gasteiger partial charge in [-0.25, -0.2) is 4.79 Å². The SMILES string of the molecule is CCCCn1c(N)c(N(Cc2ccco2)C(=O)c2cccc(OC)c2)c(=O)[nH]c1=O. The molecule has 3 rings (SSSR count). The summed E-state index contributed by atoms with van der Waals surface area (Å²) in [5, 5.41) is 0. The molecular formula is C21H24N4O5. The number of nitrogens with zero attached hydrogens (tertiary/aromatic N) is 2. The lowest BCUT2D eigenvalue weighted by Gasteiger charge is -2.24. The molecule has 2 heterocycles. The van der Waals surface area contributed by atoms with Gasteiger partial charge in [-0.1, -0.05) is 19.4 Å². The van der Waals surface area contributed by atoms with Crippen LogP contribution in [0, 0.1) is 0 Å². The Bertz CT molecular complexity index is 1130.